The molecule has 9 heteroatoms. The van der Waals surface area contributed by atoms with Gasteiger partial charge in [-0.1, -0.05) is 0 Å². The molecule has 4 unspecified atom stereocenters. The van der Waals surface area contributed by atoms with Gasteiger partial charge < -0.3 is 10.1 Å². The summed E-state index contributed by atoms with van der Waals surface area (Å²) in [4.78, 5) is 22.3. The van der Waals surface area contributed by atoms with Crippen LogP contribution in [0.5, 0.6) is 0 Å². The number of carbonyl (C=O) groups excluding carboxylic acids is 1. The fourth-order valence-corrected chi connectivity index (χ4v) is 6.41. The van der Waals surface area contributed by atoms with Crippen molar-refractivity contribution in [3.8, 4) is 6.07 Å². The maximum atomic E-state index is 12.9. The molecule has 0 aromatic carbocycles. The number of ether oxygens (including phenoxy) is 1. The molecule has 3 N–H and O–H groups in total. The minimum absolute atomic E-state index is 0.118. The van der Waals surface area contributed by atoms with E-state index in [1.807, 2.05) is 18.3 Å². The average Bonchev–Trinajstić information content (AvgIpc) is 3.46. The zero-order valence-corrected chi connectivity index (χ0v) is 19.7. The molecule has 0 bridgehead atoms. The van der Waals surface area contributed by atoms with Crippen molar-refractivity contribution in [2.45, 2.75) is 50.9 Å². The molecule has 1 aliphatic carbocycles. The Labute approximate surface area is 198 Å². The molecule has 4 atom stereocenters. The van der Waals surface area contributed by atoms with Crippen LogP contribution in [-0.2, 0) is 11.3 Å². The van der Waals surface area contributed by atoms with Crippen molar-refractivity contribution in [2.75, 3.05) is 26.3 Å². The number of pyridine rings is 1. The number of fused-ring (bicyclic) bond motifs is 1. The van der Waals surface area contributed by atoms with Crippen LogP contribution in [0.3, 0.4) is 0 Å². The number of aryl methyl sites for hydroxylation is 1. The van der Waals surface area contributed by atoms with E-state index in [1.165, 1.54) is 16.0 Å². The first-order valence-corrected chi connectivity index (χ1v) is 12.5. The van der Waals surface area contributed by atoms with Crippen LogP contribution in [0.15, 0.2) is 24.4 Å². The van der Waals surface area contributed by atoms with E-state index in [0.717, 1.165) is 57.7 Å². The summed E-state index contributed by atoms with van der Waals surface area (Å²) < 4.78 is 5.46. The first-order valence-electron chi connectivity index (χ1n) is 11.7. The molecule has 2 aromatic heterocycles. The van der Waals surface area contributed by atoms with Crippen LogP contribution in [0, 0.1) is 24.2 Å². The van der Waals surface area contributed by atoms with Crippen LogP contribution in [0.1, 0.15) is 56.7 Å². The van der Waals surface area contributed by atoms with Crippen molar-refractivity contribution < 1.29 is 9.53 Å². The Morgan fingerprint density at radius 3 is 2.97 bits per heavy atom. The fourth-order valence-electron chi connectivity index (χ4n) is 5.22. The summed E-state index contributed by atoms with van der Waals surface area (Å²) >= 11 is 1.89. The van der Waals surface area contributed by atoms with E-state index in [0.29, 0.717) is 23.2 Å². The number of carbonyl (C=O) groups is 1. The van der Waals surface area contributed by atoms with E-state index < -0.39 is 0 Å². The van der Waals surface area contributed by atoms with Gasteiger partial charge >= 0.3 is 0 Å². The molecule has 33 heavy (non-hydrogen) atoms. The van der Waals surface area contributed by atoms with Crippen LogP contribution >= 0.6 is 11.3 Å². The summed E-state index contributed by atoms with van der Waals surface area (Å²) in [5.74, 6) is 0.272. The van der Waals surface area contributed by atoms with Gasteiger partial charge in [0.2, 0.25) is 0 Å². The summed E-state index contributed by atoms with van der Waals surface area (Å²) in [6.45, 7) is 6.44. The lowest BCUT2D eigenvalue weighted by Crippen LogP contribution is -2.44. The van der Waals surface area contributed by atoms with Gasteiger partial charge in [0.25, 0.3) is 5.91 Å². The molecular formula is C24H30N6O2S. The van der Waals surface area contributed by atoms with Gasteiger partial charge in [-0.25, -0.2) is 10.4 Å². The molecule has 4 heterocycles. The van der Waals surface area contributed by atoms with Crippen LogP contribution < -0.4 is 16.2 Å². The highest BCUT2D eigenvalue weighted by Gasteiger charge is 2.42. The van der Waals surface area contributed by atoms with E-state index in [2.05, 4.69) is 44.3 Å². The highest BCUT2D eigenvalue weighted by Crippen LogP contribution is 2.40. The lowest BCUT2D eigenvalue weighted by molar-refractivity contribution is 0.0346. The Hall–Kier alpha value is -2.35. The van der Waals surface area contributed by atoms with Gasteiger partial charge in [0.1, 0.15) is 11.8 Å². The van der Waals surface area contributed by atoms with Crippen LogP contribution in [-0.4, -0.2) is 54.2 Å². The number of hydrazine groups is 1. The van der Waals surface area contributed by atoms with Gasteiger partial charge in [-0.2, -0.15) is 5.26 Å². The molecule has 0 radical (unpaired) electrons. The van der Waals surface area contributed by atoms with Crippen LogP contribution in [0.2, 0.25) is 0 Å². The van der Waals surface area contributed by atoms with E-state index in [9.17, 15) is 4.79 Å². The highest BCUT2D eigenvalue weighted by atomic mass is 32.1. The smallest absolute Gasteiger partial charge is 0.270 e. The maximum absolute atomic E-state index is 12.9. The average molecular weight is 467 g/mol. The van der Waals surface area contributed by atoms with Gasteiger partial charge in [0, 0.05) is 47.7 Å². The van der Waals surface area contributed by atoms with Crippen molar-refractivity contribution in [3.63, 3.8) is 0 Å². The molecule has 3 fully saturated rings. The van der Waals surface area contributed by atoms with Crippen molar-refractivity contribution >= 4 is 17.2 Å². The first kappa shape index (κ1) is 22.4. The van der Waals surface area contributed by atoms with Gasteiger partial charge in [0.05, 0.1) is 24.8 Å². The predicted molar refractivity (Wildman–Crippen MR) is 125 cm³/mol. The van der Waals surface area contributed by atoms with Gasteiger partial charge in [0.15, 0.2) is 0 Å². The number of rotatable bonds is 5. The number of nitriles is 1. The van der Waals surface area contributed by atoms with Crippen LogP contribution in [0.4, 0.5) is 0 Å². The highest BCUT2D eigenvalue weighted by molar-refractivity contribution is 7.12. The van der Waals surface area contributed by atoms with E-state index >= 15 is 0 Å². The van der Waals surface area contributed by atoms with Crippen molar-refractivity contribution in [1.82, 2.24) is 26.1 Å². The zero-order valence-electron chi connectivity index (χ0n) is 18.8. The third kappa shape index (κ3) is 4.95. The van der Waals surface area contributed by atoms with Gasteiger partial charge in [-0.15, -0.1) is 11.3 Å². The number of hydrogen-bond donors (Lipinski definition) is 3. The number of thiophene rings is 1. The van der Waals surface area contributed by atoms with E-state index in [-0.39, 0.29) is 18.0 Å². The summed E-state index contributed by atoms with van der Waals surface area (Å²) in [5.41, 5.74) is 8.64. The fraction of sp³-hybridized carbons (Fsp3) is 0.542. The Balaban J connectivity index is 1.22. The number of aromatic nitrogens is 1. The zero-order chi connectivity index (χ0) is 22.8. The summed E-state index contributed by atoms with van der Waals surface area (Å²) in [6, 6.07) is 9.09. The largest absolute Gasteiger partial charge is 0.379 e. The van der Waals surface area contributed by atoms with Gasteiger partial charge in [-0.3, -0.25) is 15.1 Å². The molecule has 5 rings (SSSR count). The first-order chi connectivity index (χ1) is 16.1. The topological polar surface area (TPSA) is 102 Å². The van der Waals surface area contributed by atoms with Crippen molar-refractivity contribution in [2.24, 2.45) is 5.92 Å². The summed E-state index contributed by atoms with van der Waals surface area (Å²) in [7, 11) is 0. The third-order valence-electron chi connectivity index (χ3n) is 6.98. The molecule has 1 saturated carbocycles. The molecule has 174 valence electrons. The Bertz CT molecular complexity index is 1040. The second-order valence-electron chi connectivity index (χ2n) is 9.21. The summed E-state index contributed by atoms with van der Waals surface area (Å²) in [6.07, 6.45) is 4.35. The lowest BCUT2D eigenvalue weighted by atomic mass is 9.78. The third-order valence-corrected chi connectivity index (χ3v) is 8.13. The second-order valence-corrected chi connectivity index (χ2v) is 10.4. The molecule has 3 aliphatic rings. The van der Waals surface area contributed by atoms with Crippen molar-refractivity contribution in [3.05, 3.63) is 51.0 Å². The molecule has 2 saturated heterocycles. The summed E-state index contributed by atoms with van der Waals surface area (Å²) in [5, 5.41) is 12.2. The van der Waals surface area contributed by atoms with Crippen molar-refractivity contribution in [1.29, 1.82) is 5.26 Å². The Morgan fingerprint density at radius 2 is 2.18 bits per heavy atom. The number of nitrogens with zero attached hydrogens (tertiary/aromatic N) is 3. The van der Waals surface area contributed by atoms with E-state index in [1.54, 1.807) is 6.07 Å². The maximum Gasteiger partial charge on any atom is 0.270 e. The second kappa shape index (κ2) is 9.87. The number of nitrogens with one attached hydrogen (secondary N) is 3. The molecule has 8 nitrogen and oxygen atoms in total. The Morgan fingerprint density at radius 1 is 1.33 bits per heavy atom. The quantitative estimate of drug-likeness (QED) is 0.621. The molecule has 2 aliphatic heterocycles. The monoisotopic (exact) mass is 466 g/mol. The van der Waals surface area contributed by atoms with Crippen LogP contribution in [0.25, 0.3) is 0 Å². The minimum atomic E-state index is -0.153. The SMILES string of the molecule is Cc1cc(C#N)cnc1C(=O)NC1CCC2NNC(c3ccc(CN4CCOCC4)s3)C2C1. The number of hydrogen-bond acceptors (Lipinski definition) is 8. The van der Waals surface area contributed by atoms with Gasteiger partial charge in [-0.05, 0) is 55.9 Å². The number of amides is 1. The lowest BCUT2D eigenvalue weighted by Gasteiger charge is -2.33. The minimum Gasteiger partial charge on any atom is -0.379 e. The molecule has 0 spiro atoms. The predicted octanol–water partition coefficient (Wildman–Crippen LogP) is 2.27. The molecular weight excluding hydrogens is 436 g/mol. The van der Waals surface area contributed by atoms with E-state index in [4.69, 9.17) is 10.00 Å². The normalized spacial score (nSPS) is 27.6. The Kier molecular flexibility index (Phi) is 6.71. The molecule has 1 amide bonds. The molecule has 2 aromatic rings. The number of morpholine rings is 1. The standard InChI is InChI=1S/C24H30N6O2S/c1-15-10-16(12-25)13-26-22(15)24(31)27-17-2-4-20-19(11-17)23(29-28-20)21-5-3-18(33-21)14-30-6-8-32-9-7-30/h3,5,10,13,17,19-20,23,28-29H,2,4,6-9,11,14H2,1H3,(H,27,31).